The first-order chi connectivity index (χ1) is 8.40. The number of aryl methyl sites for hydroxylation is 1. The second-order valence-electron chi connectivity index (χ2n) is 5.04. The smallest absolute Gasteiger partial charge is 0.112 e. The summed E-state index contributed by atoms with van der Waals surface area (Å²) in [6, 6.07) is 8.52. The lowest BCUT2D eigenvalue weighted by Crippen LogP contribution is -2.11. The lowest BCUT2D eigenvalue weighted by molar-refractivity contribution is 0.419. The first-order valence-corrected chi connectivity index (χ1v) is 6.85. The van der Waals surface area contributed by atoms with Crippen molar-refractivity contribution < 1.29 is 0 Å². The van der Waals surface area contributed by atoms with Gasteiger partial charge >= 0.3 is 0 Å². The Bertz CT molecular complexity index is 507. The molecule has 0 bridgehead atoms. The molecule has 1 aromatic carbocycles. The molecule has 0 radical (unpaired) electrons. The van der Waals surface area contributed by atoms with E-state index in [1.54, 1.807) is 0 Å². The van der Waals surface area contributed by atoms with E-state index < -0.39 is 0 Å². The number of hydrogen-bond donors (Lipinski definition) is 0. The van der Waals surface area contributed by atoms with Crippen molar-refractivity contribution in [3.8, 4) is 0 Å². The highest BCUT2D eigenvalue weighted by Crippen LogP contribution is 2.33. The zero-order valence-electron chi connectivity index (χ0n) is 10.5. The Morgan fingerprint density at radius 3 is 2.71 bits per heavy atom. The molecule has 1 aliphatic carbocycles. The van der Waals surface area contributed by atoms with Crippen molar-refractivity contribution in [1.29, 1.82) is 0 Å². The summed E-state index contributed by atoms with van der Waals surface area (Å²) in [6.45, 7) is 3.26. The van der Waals surface area contributed by atoms with Crippen LogP contribution in [0, 0.1) is 0 Å². The van der Waals surface area contributed by atoms with Crippen LogP contribution < -0.4 is 0 Å². The van der Waals surface area contributed by atoms with Gasteiger partial charge in [0.1, 0.15) is 5.82 Å². The molecule has 2 aromatic rings. The van der Waals surface area contributed by atoms with E-state index in [1.807, 2.05) is 0 Å². The van der Waals surface area contributed by atoms with Crippen LogP contribution in [0.5, 0.6) is 0 Å². The van der Waals surface area contributed by atoms with E-state index in [-0.39, 0.29) is 0 Å². The van der Waals surface area contributed by atoms with E-state index in [2.05, 4.69) is 35.8 Å². The minimum absolute atomic E-state index is 0.691. The van der Waals surface area contributed by atoms with Crippen LogP contribution in [0.2, 0.25) is 0 Å². The Kier molecular flexibility index (Phi) is 2.87. The normalized spacial score (nSPS) is 17.7. The minimum Gasteiger partial charge on any atom is -0.328 e. The van der Waals surface area contributed by atoms with Gasteiger partial charge in [0, 0.05) is 12.5 Å². The standard InChI is InChI=1S/C15H20N2/c1-2-17-14-11-7-6-10-13(14)16-15(17)12-8-4-3-5-9-12/h6-7,10-12H,2-5,8-9H2,1H3. The van der Waals surface area contributed by atoms with Gasteiger partial charge in [0.05, 0.1) is 11.0 Å². The van der Waals surface area contributed by atoms with Crippen molar-refractivity contribution in [2.75, 3.05) is 0 Å². The van der Waals surface area contributed by atoms with Crippen LogP contribution >= 0.6 is 0 Å². The van der Waals surface area contributed by atoms with Gasteiger partial charge in [0.15, 0.2) is 0 Å². The minimum atomic E-state index is 0.691. The topological polar surface area (TPSA) is 17.8 Å². The molecular formula is C15H20N2. The molecule has 2 heteroatoms. The highest BCUT2D eigenvalue weighted by molar-refractivity contribution is 5.76. The van der Waals surface area contributed by atoms with Crippen LogP contribution in [0.15, 0.2) is 24.3 Å². The summed E-state index contributed by atoms with van der Waals surface area (Å²) in [5, 5.41) is 0. The van der Waals surface area contributed by atoms with Crippen molar-refractivity contribution in [3.63, 3.8) is 0 Å². The molecule has 0 aliphatic heterocycles. The largest absolute Gasteiger partial charge is 0.328 e. The molecule has 2 nitrogen and oxygen atoms in total. The predicted molar refractivity (Wildman–Crippen MR) is 71.2 cm³/mol. The van der Waals surface area contributed by atoms with Gasteiger partial charge < -0.3 is 4.57 Å². The molecule has 90 valence electrons. The fourth-order valence-electron chi connectivity index (χ4n) is 3.10. The highest BCUT2D eigenvalue weighted by atomic mass is 15.1. The van der Waals surface area contributed by atoms with E-state index in [0.717, 1.165) is 12.1 Å². The van der Waals surface area contributed by atoms with Gasteiger partial charge in [-0.25, -0.2) is 4.98 Å². The maximum absolute atomic E-state index is 4.87. The number of para-hydroxylation sites is 2. The summed E-state index contributed by atoms with van der Waals surface area (Å²) in [6.07, 6.45) is 6.80. The summed E-state index contributed by atoms with van der Waals surface area (Å²) in [5.41, 5.74) is 2.46. The first-order valence-electron chi connectivity index (χ1n) is 6.85. The average molecular weight is 228 g/mol. The number of hydrogen-bond acceptors (Lipinski definition) is 1. The molecule has 0 spiro atoms. The molecule has 0 N–H and O–H groups in total. The third kappa shape index (κ3) is 1.86. The second kappa shape index (κ2) is 4.52. The Morgan fingerprint density at radius 1 is 1.18 bits per heavy atom. The van der Waals surface area contributed by atoms with E-state index >= 15 is 0 Å². The molecule has 17 heavy (non-hydrogen) atoms. The zero-order valence-corrected chi connectivity index (χ0v) is 10.5. The Balaban J connectivity index is 2.08. The molecule has 1 aliphatic rings. The Hall–Kier alpha value is -1.31. The fraction of sp³-hybridized carbons (Fsp3) is 0.533. The van der Waals surface area contributed by atoms with Gasteiger partial charge in [-0.05, 0) is 31.9 Å². The Labute approximate surface area is 103 Å². The molecular weight excluding hydrogens is 208 g/mol. The zero-order chi connectivity index (χ0) is 11.7. The second-order valence-corrected chi connectivity index (χ2v) is 5.04. The van der Waals surface area contributed by atoms with Crippen molar-refractivity contribution in [2.24, 2.45) is 0 Å². The number of rotatable bonds is 2. The summed E-state index contributed by atoms with van der Waals surface area (Å²) in [7, 11) is 0. The number of fused-ring (bicyclic) bond motifs is 1. The van der Waals surface area contributed by atoms with Crippen LogP contribution in [0.4, 0.5) is 0 Å². The third-order valence-electron chi connectivity index (χ3n) is 3.97. The maximum Gasteiger partial charge on any atom is 0.112 e. The van der Waals surface area contributed by atoms with Crippen LogP contribution in [0.1, 0.15) is 50.8 Å². The van der Waals surface area contributed by atoms with Crippen LogP contribution in [0.3, 0.4) is 0 Å². The quantitative estimate of drug-likeness (QED) is 0.756. The molecule has 0 amide bonds. The van der Waals surface area contributed by atoms with Crippen LogP contribution in [0.25, 0.3) is 11.0 Å². The summed E-state index contributed by atoms with van der Waals surface area (Å²) in [5.74, 6) is 2.02. The molecule has 1 aromatic heterocycles. The maximum atomic E-state index is 4.87. The van der Waals surface area contributed by atoms with Gasteiger partial charge in [0.25, 0.3) is 0 Å². The van der Waals surface area contributed by atoms with Crippen LogP contribution in [-0.2, 0) is 6.54 Å². The molecule has 1 fully saturated rings. The third-order valence-corrected chi connectivity index (χ3v) is 3.97. The number of imidazole rings is 1. The van der Waals surface area contributed by atoms with E-state index in [9.17, 15) is 0 Å². The van der Waals surface area contributed by atoms with Gasteiger partial charge in [-0.2, -0.15) is 0 Å². The molecule has 3 rings (SSSR count). The first kappa shape index (κ1) is 10.8. The number of benzene rings is 1. The fourth-order valence-corrected chi connectivity index (χ4v) is 3.10. The molecule has 1 heterocycles. The molecule has 0 unspecified atom stereocenters. The van der Waals surface area contributed by atoms with E-state index in [4.69, 9.17) is 4.98 Å². The van der Waals surface area contributed by atoms with Crippen molar-refractivity contribution in [2.45, 2.75) is 51.5 Å². The molecule has 0 saturated heterocycles. The average Bonchev–Trinajstić information content (AvgIpc) is 2.78. The van der Waals surface area contributed by atoms with Crippen molar-refractivity contribution in [1.82, 2.24) is 9.55 Å². The predicted octanol–water partition coefficient (Wildman–Crippen LogP) is 4.10. The monoisotopic (exact) mass is 228 g/mol. The lowest BCUT2D eigenvalue weighted by Gasteiger charge is -2.21. The van der Waals surface area contributed by atoms with Gasteiger partial charge in [-0.15, -0.1) is 0 Å². The molecule has 1 saturated carbocycles. The summed E-state index contributed by atoms with van der Waals surface area (Å²) >= 11 is 0. The van der Waals surface area contributed by atoms with Gasteiger partial charge in [0.2, 0.25) is 0 Å². The van der Waals surface area contributed by atoms with Gasteiger partial charge in [-0.3, -0.25) is 0 Å². The number of nitrogens with zero attached hydrogens (tertiary/aromatic N) is 2. The highest BCUT2D eigenvalue weighted by Gasteiger charge is 2.21. The Morgan fingerprint density at radius 2 is 1.94 bits per heavy atom. The van der Waals surface area contributed by atoms with Crippen LogP contribution in [-0.4, -0.2) is 9.55 Å². The van der Waals surface area contributed by atoms with E-state index in [1.165, 1.54) is 43.4 Å². The molecule has 0 atom stereocenters. The summed E-state index contributed by atoms with van der Waals surface area (Å²) in [4.78, 5) is 4.87. The summed E-state index contributed by atoms with van der Waals surface area (Å²) < 4.78 is 2.41. The lowest BCUT2D eigenvalue weighted by atomic mass is 9.88. The van der Waals surface area contributed by atoms with Gasteiger partial charge in [-0.1, -0.05) is 31.4 Å². The van der Waals surface area contributed by atoms with E-state index in [0.29, 0.717) is 5.92 Å². The van der Waals surface area contributed by atoms with Crippen molar-refractivity contribution >= 4 is 11.0 Å². The SMILES string of the molecule is CCn1c(C2CCCCC2)nc2ccccc21. The van der Waals surface area contributed by atoms with Crippen molar-refractivity contribution in [3.05, 3.63) is 30.1 Å². The number of aromatic nitrogens is 2.